The molecule has 1 saturated heterocycles. The molecule has 0 radical (unpaired) electrons. The standard InChI is InChI=1S/C25H31N7O2/c1-17-13-29-24(31-21(12-26)14-28-20-8-10-34-11-9-20)32-22(17)18-4-6-19(7-5-18)23(33)30-16-25(2,3)15-27/h4-7,12-14,20H,8-11,16,26H2,1-3H3,(H,30,33)(H,29,31,32). The van der Waals surface area contributed by atoms with Gasteiger partial charge >= 0.3 is 0 Å². The van der Waals surface area contributed by atoms with Crippen LogP contribution in [0.25, 0.3) is 11.3 Å². The van der Waals surface area contributed by atoms with Crippen molar-refractivity contribution >= 4 is 18.1 Å². The molecule has 3 rings (SSSR count). The number of carbonyl (C=O) groups is 1. The van der Waals surface area contributed by atoms with Crippen molar-refractivity contribution in [2.75, 3.05) is 25.1 Å². The maximum atomic E-state index is 12.4. The molecular formula is C25H31N7O2. The van der Waals surface area contributed by atoms with Crippen LogP contribution in [-0.4, -0.2) is 47.9 Å². The molecule has 9 heteroatoms. The second kappa shape index (κ2) is 11.4. The molecule has 2 heterocycles. The van der Waals surface area contributed by atoms with Gasteiger partial charge in [-0.15, -0.1) is 0 Å². The van der Waals surface area contributed by atoms with Crippen LogP contribution in [0.1, 0.15) is 42.6 Å². The molecule has 178 valence electrons. The number of aryl methyl sites for hydroxylation is 1. The summed E-state index contributed by atoms with van der Waals surface area (Å²) >= 11 is 0. The fourth-order valence-electron chi connectivity index (χ4n) is 3.28. The van der Waals surface area contributed by atoms with Crippen molar-refractivity contribution in [2.45, 2.75) is 39.7 Å². The van der Waals surface area contributed by atoms with Crippen molar-refractivity contribution in [1.29, 1.82) is 5.26 Å². The summed E-state index contributed by atoms with van der Waals surface area (Å²) in [6.07, 6.45) is 6.67. The second-order valence-corrected chi connectivity index (χ2v) is 8.85. The normalized spacial score (nSPS) is 15.2. The van der Waals surface area contributed by atoms with E-state index < -0.39 is 5.41 Å². The van der Waals surface area contributed by atoms with Crippen LogP contribution in [0.4, 0.5) is 5.95 Å². The van der Waals surface area contributed by atoms with Crippen LogP contribution in [0.3, 0.4) is 0 Å². The lowest BCUT2D eigenvalue weighted by molar-refractivity contribution is 0.0872. The van der Waals surface area contributed by atoms with Crippen molar-refractivity contribution < 1.29 is 9.53 Å². The summed E-state index contributed by atoms with van der Waals surface area (Å²) in [6, 6.07) is 9.56. The predicted molar refractivity (Wildman–Crippen MR) is 132 cm³/mol. The number of nitrogens with zero attached hydrogens (tertiary/aromatic N) is 4. The van der Waals surface area contributed by atoms with Crippen LogP contribution in [-0.2, 0) is 4.74 Å². The van der Waals surface area contributed by atoms with Gasteiger partial charge in [-0.2, -0.15) is 5.26 Å². The van der Waals surface area contributed by atoms with E-state index in [9.17, 15) is 4.79 Å². The number of allylic oxidation sites excluding steroid dienone is 1. The van der Waals surface area contributed by atoms with E-state index in [0.717, 1.165) is 42.9 Å². The van der Waals surface area contributed by atoms with Crippen LogP contribution in [0, 0.1) is 23.7 Å². The van der Waals surface area contributed by atoms with E-state index in [-0.39, 0.29) is 18.5 Å². The lowest BCUT2D eigenvalue weighted by Crippen LogP contribution is -2.33. The van der Waals surface area contributed by atoms with Crippen LogP contribution >= 0.6 is 0 Å². The summed E-state index contributed by atoms with van der Waals surface area (Å²) in [5.41, 5.74) is 8.76. The van der Waals surface area contributed by atoms with Gasteiger partial charge in [0.15, 0.2) is 0 Å². The first-order valence-electron chi connectivity index (χ1n) is 11.2. The lowest BCUT2D eigenvalue weighted by atomic mass is 9.96. The number of benzene rings is 1. The van der Waals surface area contributed by atoms with Crippen LogP contribution in [0.5, 0.6) is 0 Å². The number of rotatable bonds is 8. The van der Waals surface area contributed by atoms with Crippen molar-refractivity contribution in [1.82, 2.24) is 15.3 Å². The van der Waals surface area contributed by atoms with Crippen molar-refractivity contribution in [3.63, 3.8) is 0 Å². The van der Waals surface area contributed by atoms with Gasteiger partial charge in [-0.05, 0) is 51.3 Å². The highest BCUT2D eigenvalue weighted by Gasteiger charge is 2.18. The first-order chi connectivity index (χ1) is 16.3. The van der Waals surface area contributed by atoms with E-state index in [1.54, 1.807) is 38.4 Å². The molecule has 1 aliphatic heterocycles. The molecule has 4 N–H and O–H groups in total. The van der Waals surface area contributed by atoms with Crippen molar-refractivity contribution in [3.8, 4) is 17.3 Å². The molecule has 2 aromatic rings. The molecule has 0 spiro atoms. The third kappa shape index (κ3) is 6.86. The molecule has 0 atom stereocenters. The molecule has 0 bridgehead atoms. The molecule has 0 aliphatic carbocycles. The maximum Gasteiger partial charge on any atom is 0.251 e. The zero-order valence-corrected chi connectivity index (χ0v) is 19.8. The summed E-state index contributed by atoms with van der Waals surface area (Å²) in [7, 11) is 0. The number of anilines is 1. The minimum absolute atomic E-state index is 0.224. The summed E-state index contributed by atoms with van der Waals surface area (Å²) in [5.74, 6) is 0.175. The fourth-order valence-corrected chi connectivity index (χ4v) is 3.28. The number of amides is 1. The minimum Gasteiger partial charge on any atom is -0.403 e. The number of hydrogen-bond acceptors (Lipinski definition) is 8. The molecule has 1 aliphatic rings. The summed E-state index contributed by atoms with van der Waals surface area (Å²) < 4.78 is 5.36. The van der Waals surface area contributed by atoms with E-state index in [1.165, 1.54) is 6.20 Å². The summed E-state index contributed by atoms with van der Waals surface area (Å²) in [4.78, 5) is 26.0. The Hall–Kier alpha value is -3.77. The largest absolute Gasteiger partial charge is 0.403 e. The summed E-state index contributed by atoms with van der Waals surface area (Å²) in [6.45, 7) is 7.21. The van der Waals surface area contributed by atoms with Crippen molar-refractivity contribution in [2.24, 2.45) is 16.1 Å². The topological polar surface area (TPSA) is 138 Å². The Morgan fingerprint density at radius 2 is 2.03 bits per heavy atom. The van der Waals surface area contributed by atoms with Crippen LogP contribution in [0.15, 0.2) is 47.4 Å². The van der Waals surface area contributed by atoms with Gasteiger partial charge in [-0.3, -0.25) is 9.79 Å². The highest BCUT2D eigenvalue weighted by Crippen LogP contribution is 2.23. The monoisotopic (exact) mass is 461 g/mol. The van der Waals surface area contributed by atoms with E-state index in [4.69, 9.17) is 15.7 Å². The minimum atomic E-state index is -0.622. The highest BCUT2D eigenvalue weighted by molar-refractivity contribution is 5.94. The molecule has 1 fully saturated rings. The molecule has 1 amide bonds. The number of nitrogens with two attached hydrogens (primary N) is 1. The number of nitriles is 1. The van der Waals surface area contributed by atoms with E-state index >= 15 is 0 Å². The van der Waals surface area contributed by atoms with Gasteiger partial charge in [0.1, 0.15) is 0 Å². The van der Waals surface area contributed by atoms with Gasteiger partial charge in [-0.25, -0.2) is 9.97 Å². The number of ether oxygens (including phenoxy) is 1. The first kappa shape index (κ1) is 24.9. The number of carbonyl (C=O) groups excluding carboxylic acids is 1. The molecule has 1 aromatic carbocycles. The van der Waals surface area contributed by atoms with Crippen molar-refractivity contribution in [3.05, 3.63) is 53.5 Å². The van der Waals surface area contributed by atoms with E-state index in [2.05, 4.69) is 31.7 Å². The first-order valence-corrected chi connectivity index (χ1v) is 11.2. The Morgan fingerprint density at radius 3 is 2.68 bits per heavy atom. The Labute approximate surface area is 200 Å². The van der Waals surface area contributed by atoms with Gasteiger partial charge in [0, 0.05) is 49.5 Å². The smallest absolute Gasteiger partial charge is 0.251 e. The van der Waals surface area contributed by atoms with Gasteiger partial charge in [0.25, 0.3) is 5.91 Å². The van der Waals surface area contributed by atoms with E-state index in [1.807, 2.05) is 19.1 Å². The Bertz CT molecular complexity index is 1100. The second-order valence-electron chi connectivity index (χ2n) is 8.85. The molecule has 9 nitrogen and oxygen atoms in total. The Morgan fingerprint density at radius 1 is 1.32 bits per heavy atom. The number of aliphatic imine (C=N–C) groups is 1. The number of hydrogen-bond donors (Lipinski definition) is 3. The highest BCUT2D eigenvalue weighted by atomic mass is 16.5. The zero-order valence-electron chi connectivity index (χ0n) is 19.8. The van der Waals surface area contributed by atoms with Crippen LogP contribution < -0.4 is 16.4 Å². The van der Waals surface area contributed by atoms with Gasteiger partial charge in [-0.1, -0.05) is 12.1 Å². The quantitative estimate of drug-likeness (QED) is 0.513. The molecular weight excluding hydrogens is 430 g/mol. The van der Waals surface area contributed by atoms with Crippen LogP contribution in [0.2, 0.25) is 0 Å². The summed E-state index contributed by atoms with van der Waals surface area (Å²) in [5, 5.41) is 15.0. The van der Waals surface area contributed by atoms with E-state index in [0.29, 0.717) is 17.2 Å². The maximum absolute atomic E-state index is 12.4. The Balaban J connectivity index is 1.70. The number of aromatic nitrogens is 2. The fraction of sp³-hybridized carbons (Fsp3) is 0.400. The molecule has 0 saturated carbocycles. The average Bonchev–Trinajstić information content (AvgIpc) is 2.87. The molecule has 1 aromatic heterocycles. The predicted octanol–water partition coefficient (Wildman–Crippen LogP) is 3.19. The van der Waals surface area contributed by atoms with Gasteiger partial charge in [0.2, 0.25) is 5.95 Å². The SMILES string of the molecule is Cc1cnc(NC(C=NC2CCOCC2)=CN)nc1-c1ccc(C(=O)NCC(C)(C)C#N)cc1. The lowest BCUT2D eigenvalue weighted by Gasteiger charge is -2.18. The molecule has 34 heavy (non-hydrogen) atoms. The number of nitrogens with one attached hydrogen (secondary N) is 2. The van der Waals surface area contributed by atoms with Gasteiger partial charge in [0.05, 0.1) is 28.9 Å². The third-order valence-corrected chi connectivity index (χ3v) is 5.44. The zero-order chi connectivity index (χ0) is 24.6. The third-order valence-electron chi connectivity index (χ3n) is 5.44. The Kier molecular flexibility index (Phi) is 8.33. The van der Waals surface area contributed by atoms with Gasteiger partial charge < -0.3 is 21.1 Å². The average molecular weight is 462 g/mol. The molecule has 0 unspecified atom stereocenters.